The minimum absolute atomic E-state index is 0.172. The summed E-state index contributed by atoms with van der Waals surface area (Å²) in [6.07, 6.45) is 0. The molecule has 0 saturated heterocycles. The fourth-order valence-electron chi connectivity index (χ4n) is 3.94. The fraction of sp³-hybridized carbons (Fsp3) is 0.190. The van der Waals surface area contributed by atoms with Crippen LogP contribution in [0.2, 0.25) is 0 Å². The summed E-state index contributed by atoms with van der Waals surface area (Å²) < 4.78 is 18.5. The number of ether oxygens (including phenoxy) is 3. The van der Waals surface area contributed by atoms with Crippen LogP contribution in [-0.4, -0.2) is 19.0 Å². The molecule has 4 aromatic rings. The van der Waals surface area contributed by atoms with E-state index in [1.54, 1.807) is 13.2 Å². The van der Waals surface area contributed by atoms with Gasteiger partial charge in [-0.25, -0.2) is 0 Å². The quantitative estimate of drug-likeness (QED) is 0.421. The number of methoxy groups -OCH3 is 1. The van der Waals surface area contributed by atoms with Crippen LogP contribution in [0, 0.1) is 6.92 Å². The largest absolute Gasteiger partial charge is 0.504 e. The summed E-state index contributed by atoms with van der Waals surface area (Å²) in [5.74, 6) is 2.19. The first-order valence-electron chi connectivity index (χ1n) is 8.44. The van der Waals surface area contributed by atoms with Crippen molar-refractivity contribution in [2.24, 2.45) is 7.05 Å². The smallest absolute Gasteiger partial charge is 0.231 e. The zero-order valence-electron chi connectivity index (χ0n) is 14.8. The number of fused-ring (bicyclic) bond motifs is 6. The minimum atomic E-state index is 0.172. The van der Waals surface area contributed by atoms with Crippen molar-refractivity contribution in [3.63, 3.8) is 0 Å². The average Bonchev–Trinajstić information content (AvgIpc) is 3.10. The third-order valence-electron chi connectivity index (χ3n) is 5.34. The second kappa shape index (κ2) is 5.14. The third-order valence-corrected chi connectivity index (χ3v) is 5.34. The van der Waals surface area contributed by atoms with Gasteiger partial charge in [-0.3, -0.25) is 0 Å². The number of nitrogens with zero attached hydrogens (tertiary/aromatic N) is 1. The highest BCUT2D eigenvalue weighted by Gasteiger charge is 2.24. The van der Waals surface area contributed by atoms with E-state index >= 15 is 0 Å². The van der Waals surface area contributed by atoms with E-state index in [0.29, 0.717) is 5.75 Å². The molecule has 0 atom stereocenters. The molecule has 130 valence electrons. The van der Waals surface area contributed by atoms with Crippen molar-refractivity contribution < 1.29 is 23.9 Å². The zero-order chi connectivity index (χ0) is 18.0. The maximum atomic E-state index is 10.7. The van der Waals surface area contributed by atoms with Gasteiger partial charge in [0.2, 0.25) is 12.3 Å². The molecular weight excluding hydrogens is 330 g/mol. The van der Waals surface area contributed by atoms with Crippen molar-refractivity contribution in [3.8, 4) is 23.0 Å². The van der Waals surface area contributed by atoms with Gasteiger partial charge in [0, 0.05) is 12.3 Å². The van der Waals surface area contributed by atoms with Crippen LogP contribution in [0.1, 0.15) is 5.69 Å². The maximum absolute atomic E-state index is 10.7. The molecule has 0 amide bonds. The standard InChI is InChI=1S/C21H17NO4/c1-11-19-13(6-7-16(24-3)21(19)23)14-5-4-12-8-17-18(26-10-25-17)9-15(12)20(14)22(11)2/h4-9H,10H2,1-3H3/p+1. The zero-order valence-corrected chi connectivity index (χ0v) is 14.8. The van der Waals surface area contributed by atoms with E-state index in [9.17, 15) is 5.11 Å². The summed E-state index contributed by atoms with van der Waals surface area (Å²) in [6.45, 7) is 2.26. The highest BCUT2D eigenvalue weighted by atomic mass is 16.7. The molecule has 0 aliphatic carbocycles. The Labute approximate surface area is 149 Å². The Balaban J connectivity index is 2.00. The summed E-state index contributed by atoms with van der Waals surface area (Å²) in [4.78, 5) is 0. The summed E-state index contributed by atoms with van der Waals surface area (Å²) in [6, 6.07) is 12.0. The number of phenolic OH excluding ortho intramolecular Hbond substituents is 1. The van der Waals surface area contributed by atoms with Gasteiger partial charge in [-0.1, -0.05) is 6.07 Å². The SMILES string of the molecule is COc1ccc2c(c1O)c(C)[n+](C)c1c3cc4c(cc3ccc21)OCO4. The molecule has 5 nitrogen and oxygen atoms in total. The molecule has 1 N–H and O–H groups in total. The van der Waals surface area contributed by atoms with Crippen molar-refractivity contribution in [3.05, 3.63) is 42.1 Å². The van der Waals surface area contributed by atoms with Gasteiger partial charge >= 0.3 is 0 Å². The van der Waals surface area contributed by atoms with Crippen LogP contribution >= 0.6 is 0 Å². The second-order valence-corrected chi connectivity index (χ2v) is 6.57. The molecule has 1 aliphatic heterocycles. The van der Waals surface area contributed by atoms with Crippen LogP contribution in [-0.2, 0) is 7.05 Å². The predicted octanol–water partition coefficient (Wildman–Crippen LogP) is 3.72. The Morgan fingerprint density at radius 2 is 1.73 bits per heavy atom. The van der Waals surface area contributed by atoms with Crippen LogP contribution in [0.3, 0.4) is 0 Å². The normalized spacial score (nSPS) is 13.0. The molecule has 0 spiro atoms. The Hall–Kier alpha value is -3.21. The topological polar surface area (TPSA) is 51.8 Å². The van der Waals surface area contributed by atoms with Crippen molar-refractivity contribution >= 4 is 32.4 Å². The number of aromatic nitrogens is 1. The molecule has 5 heteroatoms. The summed E-state index contributed by atoms with van der Waals surface area (Å²) in [5.41, 5.74) is 2.06. The lowest BCUT2D eigenvalue weighted by Crippen LogP contribution is -2.33. The lowest BCUT2D eigenvalue weighted by atomic mass is 9.98. The Morgan fingerprint density at radius 3 is 2.50 bits per heavy atom. The first-order valence-corrected chi connectivity index (χ1v) is 8.44. The Kier molecular flexibility index (Phi) is 2.98. The van der Waals surface area contributed by atoms with E-state index in [-0.39, 0.29) is 12.5 Å². The molecule has 2 heterocycles. The van der Waals surface area contributed by atoms with Gasteiger partial charge in [-0.05, 0) is 35.7 Å². The van der Waals surface area contributed by atoms with Crippen molar-refractivity contribution in [2.75, 3.05) is 13.9 Å². The van der Waals surface area contributed by atoms with E-state index in [2.05, 4.69) is 16.7 Å². The first kappa shape index (κ1) is 15.1. The lowest BCUT2D eigenvalue weighted by molar-refractivity contribution is -0.649. The molecule has 0 fully saturated rings. The van der Waals surface area contributed by atoms with Gasteiger partial charge in [0.15, 0.2) is 28.7 Å². The van der Waals surface area contributed by atoms with E-state index in [1.165, 1.54) is 0 Å². The van der Waals surface area contributed by atoms with Crippen LogP contribution < -0.4 is 18.8 Å². The van der Waals surface area contributed by atoms with E-state index in [1.807, 2.05) is 32.2 Å². The molecule has 0 saturated carbocycles. The van der Waals surface area contributed by atoms with Gasteiger partial charge in [0.1, 0.15) is 7.05 Å². The van der Waals surface area contributed by atoms with Crippen LogP contribution in [0.4, 0.5) is 0 Å². The predicted molar refractivity (Wildman–Crippen MR) is 99.2 cm³/mol. The molecule has 1 aromatic heterocycles. The number of pyridine rings is 1. The Bertz CT molecular complexity index is 1230. The minimum Gasteiger partial charge on any atom is -0.504 e. The van der Waals surface area contributed by atoms with Crippen LogP contribution in [0.25, 0.3) is 32.4 Å². The molecule has 26 heavy (non-hydrogen) atoms. The average molecular weight is 348 g/mol. The van der Waals surface area contributed by atoms with Gasteiger partial charge in [-0.2, -0.15) is 4.57 Å². The highest BCUT2D eigenvalue weighted by Crippen LogP contribution is 2.42. The number of hydrogen-bond donors (Lipinski definition) is 1. The number of hydrogen-bond acceptors (Lipinski definition) is 4. The Morgan fingerprint density at radius 1 is 1.00 bits per heavy atom. The number of aromatic hydroxyl groups is 1. The van der Waals surface area contributed by atoms with Crippen LogP contribution in [0.5, 0.6) is 23.0 Å². The second-order valence-electron chi connectivity index (χ2n) is 6.57. The number of rotatable bonds is 1. The molecule has 0 radical (unpaired) electrons. The summed E-state index contributed by atoms with van der Waals surface area (Å²) >= 11 is 0. The lowest BCUT2D eigenvalue weighted by Gasteiger charge is -2.12. The number of benzene rings is 3. The molecular formula is C21H18NO4+. The third kappa shape index (κ3) is 1.83. The molecule has 1 aliphatic rings. The van der Waals surface area contributed by atoms with Gasteiger partial charge in [0.25, 0.3) is 0 Å². The van der Waals surface area contributed by atoms with Crippen molar-refractivity contribution in [1.29, 1.82) is 0 Å². The maximum Gasteiger partial charge on any atom is 0.231 e. The summed E-state index contributed by atoms with van der Waals surface area (Å²) in [5, 5.41) is 15.7. The monoisotopic (exact) mass is 348 g/mol. The summed E-state index contributed by atoms with van der Waals surface area (Å²) in [7, 11) is 3.58. The number of phenols is 1. The van der Waals surface area contributed by atoms with Crippen molar-refractivity contribution in [2.45, 2.75) is 6.92 Å². The van der Waals surface area contributed by atoms with Gasteiger partial charge in [-0.15, -0.1) is 0 Å². The van der Waals surface area contributed by atoms with Crippen molar-refractivity contribution in [1.82, 2.24) is 0 Å². The van der Waals surface area contributed by atoms with Gasteiger partial charge in [0.05, 0.1) is 23.3 Å². The fourth-order valence-corrected chi connectivity index (χ4v) is 3.94. The van der Waals surface area contributed by atoms with E-state index in [4.69, 9.17) is 14.2 Å². The molecule has 5 rings (SSSR count). The first-order chi connectivity index (χ1) is 12.6. The highest BCUT2D eigenvalue weighted by molar-refractivity contribution is 6.15. The molecule has 0 bridgehead atoms. The van der Waals surface area contributed by atoms with E-state index < -0.39 is 0 Å². The van der Waals surface area contributed by atoms with Gasteiger partial charge < -0.3 is 19.3 Å². The number of aryl methyl sites for hydroxylation is 2. The van der Waals surface area contributed by atoms with Crippen LogP contribution in [0.15, 0.2) is 36.4 Å². The molecule has 3 aromatic carbocycles. The molecule has 0 unspecified atom stereocenters. The van der Waals surface area contributed by atoms with E-state index in [0.717, 1.165) is 49.6 Å².